The van der Waals surface area contributed by atoms with Crippen molar-refractivity contribution in [1.29, 1.82) is 0 Å². The highest BCUT2D eigenvalue weighted by atomic mass is 35.5. The number of nitrogens with one attached hydrogen (secondary N) is 1. The summed E-state index contributed by atoms with van der Waals surface area (Å²) in [6.45, 7) is 1.81. The number of hydrazone groups is 1. The third-order valence-corrected chi connectivity index (χ3v) is 3.59. The summed E-state index contributed by atoms with van der Waals surface area (Å²) >= 11 is 5.96. The number of hydrogen-bond acceptors (Lipinski definition) is 4. The smallest absolute Gasteiger partial charge is 0.271 e. The SMILES string of the molecule is C/C(=N/NC(=O)c1ccc2c(c1)OCO2)c1ccc(F)cc1Cl. The second-order valence-electron chi connectivity index (χ2n) is 4.83. The van der Waals surface area contributed by atoms with E-state index in [4.69, 9.17) is 21.1 Å². The largest absolute Gasteiger partial charge is 0.454 e. The van der Waals surface area contributed by atoms with Crippen LogP contribution in [0.1, 0.15) is 22.8 Å². The molecule has 0 aromatic heterocycles. The van der Waals surface area contributed by atoms with Crippen molar-refractivity contribution in [2.75, 3.05) is 6.79 Å². The lowest BCUT2D eigenvalue weighted by Crippen LogP contribution is -2.19. The zero-order valence-electron chi connectivity index (χ0n) is 12.1. The molecule has 0 saturated heterocycles. The van der Waals surface area contributed by atoms with Crippen LogP contribution in [0.25, 0.3) is 0 Å². The first-order valence-corrected chi connectivity index (χ1v) is 7.12. The molecule has 7 heteroatoms. The van der Waals surface area contributed by atoms with Gasteiger partial charge in [0, 0.05) is 11.1 Å². The van der Waals surface area contributed by atoms with E-state index in [-0.39, 0.29) is 11.8 Å². The molecule has 0 radical (unpaired) electrons. The molecule has 0 atom stereocenters. The van der Waals surface area contributed by atoms with Gasteiger partial charge in [-0.2, -0.15) is 5.10 Å². The minimum atomic E-state index is -0.434. The molecule has 2 aromatic rings. The van der Waals surface area contributed by atoms with Gasteiger partial charge in [0.25, 0.3) is 5.91 Å². The average Bonchev–Trinajstić information content (AvgIpc) is 2.99. The number of hydrogen-bond donors (Lipinski definition) is 1. The summed E-state index contributed by atoms with van der Waals surface area (Å²) in [6.07, 6.45) is 0. The Balaban J connectivity index is 1.75. The molecule has 0 aliphatic carbocycles. The van der Waals surface area contributed by atoms with Crippen molar-refractivity contribution in [3.8, 4) is 11.5 Å². The Labute approximate surface area is 136 Å². The first kappa shape index (κ1) is 15.3. The summed E-state index contributed by atoms with van der Waals surface area (Å²) in [6, 6.07) is 8.81. The molecule has 0 unspecified atom stereocenters. The van der Waals surface area contributed by atoms with Gasteiger partial charge < -0.3 is 9.47 Å². The van der Waals surface area contributed by atoms with Gasteiger partial charge in [0.1, 0.15) is 5.82 Å². The van der Waals surface area contributed by atoms with Gasteiger partial charge in [0.05, 0.1) is 10.7 Å². The van der Waals surface area contributed by atoms with E-state index in [0.717, 1.165) is 0 Å². The Morgan fingerprint density at radius 1 is 1.22 bits per heavy atom. The number of amides is 1. The van der Waals surface area contributed by atoms with Gasteiger partial charge in [-0.25, -0.2) is 9.82 Å². The van der Waals surface area contributed by atoms with Gasteiger partial charge >= 0.3 is 0 Å². The molecule has 0 spiro atoms. The van der Waals surface area contributed by atoms with E-state index in [1.807, 2.05) is 0 Å². The van der Waals surface area contributed by atoms with Gasteiger partial charge in [-0.05, 0) is 43.3 Å². The van der Waals surface area contributed by atoms with Crippen LogP contribution < -0.4 is 14.9 Å². The van der Waals surface area contributed by atoms with Crippen LogP contribution in [0.5, 0.6) is 11.5 Å². The van der Waals surface area contributed by atoms with Crippen molar-refractivity contribution in [2.45, 2.75) is 6.92 Å². The minimum Gasteiger partial charge on any atom is -0.454 e. The normalized spacial score (nSPS) is 13.1. The maximum absolute atomic E-state index is 13.0. The molecular weight excluding hydrogens is 323 g/mol. The van der Waals surface area contributed by atoms with Crippen LogP contribution in [0.3, 0.4) is 0 Å². The molecule has 1 amide bonds. The Hall–Kier alpha value is -2.60. The molecule has 1 aliphatic rings. The minimum absolute atomic E-state index is 0.140. The van der Waals surface area contributed by atoms with Crippen molar-refractivity contribution in [3.05, 3.63) is 58.4 Å². The van der Waals surface area contributed by atoms with E-state index in [1.165, 1.54) is 18.2 Å². The van der Waals surface area contributed by atoms with Gasteiger partial charge in [-0.15, -0.1) is 0 Å². The van der Waals surface area contributed by atoms with Gasteiger partial charge in [0.15, 0.2) is 11.5 Å². The van der Waals surface area contributed by atoms with Crippen LogP contribution in [0.4, 0.5) is 4.39 Å². The van der Waals surface area contributed by atoms with Crippen molar-refractivity contribution >= 4 is 23.2 Å². The summed E-state index contributed by atoms with van der Waals surface area (Å²) in [5.41, 5.74) is 3.82. The van der Waals surface area contributed by atoms with E-state index in [1.54, 1.807) is 25.1 Å². The highest BCUT2D eigenvalue weighted by Gasteiger charge is 2.16. The zero-order chi connectivity index (χ0) is 16.4. The van der Waals surface area contributed by atoms with Gasteiger partial charge in [-0.1, -0.05) is 11.6 Å². The average molecular weight is 335 g/mol. The fourth-order valence-electron chi connectivity index (χ4n) is 2.08. The van der Waals surface area contributed by atoms with Crippen LogP contribution in [0.15, 0.2) is 41.5 Å². The number of rotatable bonds is 3. The summed E-state index contributed by atoms with van der Waals surface area (Å²) in [7, 11) is 0. The van der Waals surface area contributed by atoms with E-state index >= 15 is 0 Å². The first-order chi connectivity index (χ1) is 11.0. The van der Waals surface area contributed by atoms with Gasteiger partial charge in [-0.3, -0.25) is 4.79 Å². The lowest BCUT2D eigenvalue weighted by atomic mass is 10.1. The van der Waals surface area contributed by atoms with Crippen molar-refractivity contribution < 1.29 is 18.7 Å². The zero-order valence-corrected chi connectivity index (χ0v) is 12.9. The fourth-order valence-corrected chi connectivity index (χ4v) is 2.38. The Bertz CT molecular complexity index is 808. The van der Waals surface area contributed by atoms with Crippen LogP contribution in [0.2, 0.25) is 5.02 Å². The molecule has 0 bridgehead atoms. The van der Waals surface area contributed by atoms with Crippen LogP contribution >= 0.6 is 11.6 Å². The highest BCUT2D eigenvalue weighted by Crippen LogP contribution is 2.32. The summed E-state index contributed by atoms with van der Waals surface area (Å²) < 4.78 is 23.4. The Morgan fingerprint density at radius 2 is 2.00 bits per heavy atom. The third-order valence-electron chi connectivity index (χ3n) is 3.28. The Morgan fingerprint density at radius 3 is 2.78 bits per heavy atom. The topological polar surface area (TPSA) is 59.9 Å². The molecular formula is C16H12ClFN2O3. The van der Waals surface area contributed by atoms with Crippen molar-refractivity contribution in [2.24, 2.45) is 5.10 Å². The standard InChI is InChI=1S/C16H12ClFN2O3/c1-9(12-4-3-11(18)7-13(12)17)19-20-16(21)10-2-5-14-15(6-10)23-8-22-14/h2-7H,8H2,1H3,(H,20,21)/b19-9-. The lowest BCUT2D eigenvalue weighted by molar-refractivity contribution is 0.0954. The lowest BCUT2D eigenvalue weighted by Gasteiger charge is -2.05. The molecule has 0 saturated carbocycles. The van der Waals surface area contributed by atoms with Crippen molar-refractivity contribution in [1.82, 2.24) is 5.43 Å². The third kappa shape index (κ3) is 3.27. The molecule has 2 aromatic carbocycles. The number of halogens is 2. The number of fused-ring (bicyclic) bond motifs is 1. The number of ether oxygens (including phenoxy) is 2. The number of carbonyl (C=O) groups excluding carboxylic acids is 1. The van der Waals surface area contributed by atoms with E-state index in [0.29, 0.717) is 28.3 Å². The second kappa shape index (κ2) is 6.26. The quantitative estimate of drug-likeness (QED) is 0.691. The van der Waals surface area contributed by atoms with Crippen LogP contribution in [-0.2, 0) is 0 Å². The first-order valence-electron chi connectivity index (χ1n) is 6.74. The molecule has 23 heavy (non-hydrogen) atoms. The summed E-state index contributed by atoms with van der Waals surface area (Å²) in [5, 5.41) is 4.22. The molecule has 118 valence electrons. The van der Waals surface area contributed by atoms with E-state index in [9.17, 15) is 9.18 Å². The number of carbonyl (C=O) groups is 1. The monoisotopic (exact) mass is 334 g/mol. The number of nitrogens with zero attached hydrogens (tertiary/aromatic N) is 1. The predicted octanol–water partition coefficient (Wildman–Crippen LogP) is 3.36. The Kier molecular flexibility index (Phi) is 4.16. The van der Waals surface area contributed by atoms with Crippen LogP contribution in [0, 0.1) is 5.82 Å². The molecule has 3 rings (SSSR count). The van der Waals surface area contributed by atoms with Crippen molar-refractivity contribution in [3.63, 3.8) is 0 Å². The molecule has 1 heterocycles. The highest BCUT2D eigenvalue weighted by molar-refractivity contribution is 6.34. The maximum atomic E-state index is 13.0. The molecule has 1 N–H and O–H groups in total. The summed E-state index contributed by atoms with van der Waals surface area (Å²) in [5.74, 6) is 0.274. The second-order valence-corrected chi connectivity index (χ2v) is 5.24. The maximum Gasteiger partial charge on any atom is 0.271 e. The van der Waals surface area contributed by atoms with E-state index < -0.39 is 11.7 Å². The van der Waals surface area contributed by atoms with Gasteiger partial charge in [0.2, 0.25) is 6.79 Å². The van der Waals surface area contributed by atoms with E-state index in [2.05, 4.69) is 10.5 Å². The molecule has 1 aliphatic heterocycles. The molecule has 0 fully saturated rings. The summed E-state index contributed by atoms with van der Waals surface area (Å²) in [4.78, 5) is 12.1. The van der Waals surface area contributed by atoms with Crippen LogP contribution in [-0.4, -0.2) is 18.4 Å². The predicted molar refractivity (Wildman–Crippen MR) is 83.7 cm³/mol. The molecule has 5 nitrogen and oxygen atoms in total. The number of benzene rings is 2. The fraction of sp³-hybridized carbons (Fsp3) is 0.125.